The molecule has 0 bridgehead atoms. The van der Waals surface area contributed by atoms with Crippen molar-refractivity contribution < 1.29 is 19.0 Å². The molecule has 2 fully saturated rings. The molecule has 0 aliphatic carbocycles. The molecule has 0 spiro atoms. The Balaban J connectivity index is 1.11. The highest BCUT2D eigenvalue weighted by Gasteiger charge is 2.56. The van der Waals surface area contributed by atoms with Crippen molar-refractivity contribution in [1.29, 1.82) is 0 Å². The number of nitrogens with zero attached hydrogens (tertiary/aromatic N) is 5. The lowest BCUT2D eigenvalue weighted by Crippen LogP contribution is -2.41. The minimum Gasteiger partial charge on any atom is -0.382 e. The highest BCUT2D eigenvalue weighted by Crippen LogP contribution is 2.44. The summed E-state index contributed by atoms with van der Waals surface area (Å²) in [5.41, 5.74) is 10.4. The molecule has 12 nitrogen and oxygen atoms in total. The number of nitrogen functional groups attached to an aromatic ring is 1. The van der Waals surface area contributed by atoms with Gasteiger partial charge >= 0.3 is 6.03 Å². The molecule has 2 aromatic carbocycles. The van der Waals surface area contributed by atoms with Crippen LogP contribution in [0.4, 0.5) is 16.3 Å². The molecule has 2 saturated heterocycles. The number of hydrogen-bond acceptors (Lipinski definition) is 9. The fourth-order valence-electron chi connectivity index (χ4n) is 6.15. The van der Waals surface area contributed by atoms with Crippen molar-refractivity contribution in [2.24, 2.45) is 0 Å². The predicted molar refractivity (Wildman–Crippen MR) is 176 cm³/mol. The first-order valence-corrected chi connectivity index (χ1v) is 15.8. The maximum atomic E-state index is 12.6. The average Bonchev–Trinajstić information content (AvgIpc) is 3.67. The number of carbonyl (C=O) groups is 1. The number of anilines is 2. The minimum absolute atomic E-state index is 0.0578. The van der Waals surface area contributed by atoms with E-state index in [-0.39, 0.29) is 29.8 Å². The minimum atomic E-state index is -0.769. The normalized spacial score (nSPS) is 22.3. The molecule has 4 atom stereocenters. The lowest BCUT2D eigenvalue weighted by molar-refractivity contribution is -0.198. The highest BCUT2D eigenvalue weighted by atomic mass is 16.8. The summed E-state index contributed by atoms with van der Waals surface area (Å²) >= 11 is 0. The maximum Gasteiger partial charge on any atom is 0.319 e. The lowest BCUT2D eigenvalue weighted by Gasteiger charge is -2.29. The van der Waals surface area contributed by atoms with Gasteiger partial charge in [-0.15, -0.1) is 0 Å². The van der Waals surface area contributed by atoms with Gasteiger partial charge in [-0.05, 0) is 48.9 Å². The topological polar surface area (TPSA) is 142 Å². The van der Waals surface area contributed by atoms with Crippen molar-refractivity contribution in [3.8, 4) is 0 Å². The van der Waals surface area contributed by atoms with Crippen LogP contribution >= 0.6 is 0 Å². The first-order valence-electron chi connectivity index (χ1n) is 15.8. The summed E-state index contributed by atoms with van der Waals surface area (Å²) < 4.78 is 21.3. The van der Waals surface area contributed by atoms with E-state index < -0.39 is 12.0 Å². The quantitative estimate of drug-likeness (QED) is 0.210. The van der Waals surface area contributed by atoms with Gasteiger partial charge in [0.15, 0.2) is 23.5 Å². The zero-order valence-electron chi connectivity index (χ0n) is 27.1. The third kappa shape index (κ3) is 7.15. The van der Waals surface area contributed by atoms with Gasteiger partial charge in [0.1, 0.15) is 30.2 Å². The van der Waals surface area contributed by atoms with E-state index in [9.17, 15) is 4.79 Å². The fourth-order valence-corrected chi connectivity index (χ4v) is 6.15. The number of hydrogen-bond donors (Lipinski definition) is 3. The summed E-state index contributed by atoms with van der Waals surface area (Å²) in [7, 11) is 0. The van der Waals surface area contributed by atoms with Crippen molar-refractivity contribution >= 4 is 28.7 Å². The van der Waals surface area contributed by atoms with Gasteiger partial charge < -0.3 is 30.6 Å². The number of nitrogens with one attached hydrogen (secondary N) is 2. The zero-order chi connectivity index (χ0) is 32.5. The summed E-state index contributed by atoms with van der Waals surface area (Å²) in [6.45, 7) is 12.9. The van der Waals surface area contributed by atoms with Crippen LogP contribution in [-0.4, -0.2) is 74.2 Å². The number of aromatic nitrogens is 4. The van der Waals surface area contributed by atoms with Gasteiger partial charge in [0.25, 0.3) is 0 Å². The molecule has 4 N–H and O–H groups in total. The summed E-state index contributed by atoms with van der Waals surface area (Å²) in [4.78, 5) is 27.9. The summed E-state index contributed by atoms with van der Waals surface area (Å²) in [6.07, 6.45) is 2.39. The van der Waals surface area contributed by atoms with Crippen LogP contribution in [0.2, 0.25) is 0 Å². The summed E-state index contributed by atoms with van der Waals surface area (Å²) in [5.74, 6) is -0.456. The Morgan fingerprint density at radius 3 is 2.50 bits per heavy atom. The number of carbonyl (C=O) groups excluding carboxylic acids is 1. The molecule has 2 aromatic heterocycles. The molecule has 2 aliphatic rings. The van der Waals surface area contributed by atoms with Crippen LogP contribution in [0, 0.1) is 0 Å². The first-order chi connectivity index (χ1) is 22.0. The van der Waals surface area contributed by atoms with E-state index in [1.165, 1.54) is 17.5 Å². The lowest BCUT2D eigenvalue weighted by atomic mass is 9.87. The second-order valence-corrected chi connectivity index (χ2v) is 13.5. The van der Waals surface area contributed by atoms with Crippen molar-refractivity contribution in [2.45, 2.75) is 83.3 Å². The van der Waals surface area contributed by atoms with E-state index in [0.29, 0.717) is 30.1 Å². The van der Waals surface area contributed by atoms with Gasteiger partial charge in [0.05, 0.1) is 6.33 Å². The Hall–Kier alpha value is -4.10. The molecule has 0 saturated carbocycles. The number of rotatable bonds is 10. The number of ether oxygens (including phenoxy) is 3. The van der Waals surface area contributed by atoms with Gasteiger partial charge in [-0.1, -0.05) is 63.2 Å². The monoisotopic (exact) mass is 628 g/mol. The number of imidazole rings is 1. The molecule has 244 valence electrons. The Morgan fingerprint density at radius 1 is 1.02 bits per heavy atom. The standard InChI is InChI=1S/C34H44N8O4/c1-33(2,3)23-12-14-24(15-13-23)40-32(43)36-16-9-17-41(18-22-10-7-6-8-11-22)19-25-27-28(46-34(4,5)45-27)31(44-25)42-21-39-26-29(35)37-20-38-30(26)42/h6-8,10-15,20-21,25,27-28,31H,9,16-19H2,1-5H3,(H2,35,37,38)(H2,36,40,43)/t25-,27-,28?,31-/m1/s1. The van der Waals surface area contributed by atoms with E-state index in [4.69, 9.17) is 19.9 Å². The molecule has 4 aromatic rings. The summed E-state index contributed by atoms with van der Waals surface area (Å²) in [6, 6.07) is 18.1. The van der Waals surface area contributed by atoms with Crippen LogP contribution in [0.15, 0.2) is 67.3 Å². The van der Waals surface area contributed by atoms with Gasteiger partial charge in [-0.25, -0.2) is 19.7 Å². The molecule has 6 rings (SSSR count). The highest BCUT2D eigenvalue weighted by molar-refractivity contribution is 5.89. The smallest absolute Gasteiger partial charge is 0.319 e. The second-order valence-electron chi connectivity index (χ2n) is 13.5. The van der Waals surface area contributed by atoms with E-state index in [1.807, 2.05) is 48.7 Å². The molecule has 4 heterocycles. The zero-order valence-corrected chi connectivity index (χ0v) is 27.1. The molecule has 0 radical (unpaired) electrons. The number of amides is 2. The molecular formula is C34H44N8O4. The number of benzene rings is 2. The van der Waals surface area contributed by atoms with E-state index in [0.717, 1.165) is 25.2 Å². The van der Waals surface area contributed by atoms with Crippen molar-refractivity contribution in [3.05, 3.63) is 78.4 Å². The molecule has 1 unspecified atom stereocenters. The Bertz CT molecular complexity index is 1640. The average molecular weight is 629 g/mol. The van der Waals surface area contributed by atoms with Gasteiger partial charge in [0, 0.05) is 31.9 Å². The van der Waals surface area contributed by atoms with E-state index >= 15 is 0 Å². The van der Waals surface area contributed by atoms with E-state index in [2.05, 4.69) is 75.5 Å². The van der Waals surface area contributed by atoms with Crippen LogP contribution in [0.3, 0.4) is 0 Å². The Labute approximate surface area is 269 Å². The van der Waals surface area contributed by atoms with Crippen molar-refractivity contribution in [3.63, 3.8) is 0 Å². The Kier molecular flexibility index (Phi) is 8.97. The molecule has 2 aliphatic heterocycles. The van der Waals surface area contributed by atoms with Crippen LogP contribution in [0.1, 0.15) is 58.4 Å². The van der Waals surface area contributed by atoms with Crippen molar-refractivity contribution in [2.75, 3.05) is 30.7 Å². The number of nitrogens with two attached hydrogens (primary N) is 1. The van der Waals surface area contributed by atoms with Crippen molar-refractivity contribution in [1.82, 2.24) is 29.7 Å². The van der Waals surface area contributed by atoms with Crippen LogP contribution in [0.25, 0.3) is 11.2 Å². The molecule has 46 heavy (non-hydrogen) atoms. The maximum absolute atomic E-state index is 12.6. The SMILES string of the molecule is CC1(C)OC2[C@H](n3cnc4c(N)ncnc43)O[C@H](CN(CCCNC(=O)Nc3ccc(C(C)(C)C)cc3)Cc3ccccc3)[C@H]2O1. The summed E-state index contributed by atoms with van der Waals surface area (Å²) in [5, 5.41) is 5.93. The van der Waals surface area contributed by atoms with E-state index in [1.54, 1.807) is 6.33 Å². The van der Waals surface area contributed by atoms with Gasteiger partial charge in [0.2, 0.25) is 0 Å². The van der Waals surface area contributed by atoms with Gasteiger partial charge in [-0.2, -0.15) is 0 Å². The predicted octanol–water partition coefficient (Wildman–Crippen LogP) is 4.84. The van der Waals surface area contributed by atoms with Crippen LogP contribution in [0.5, 0.6) is 0 Å². The van der Waals surface area contributed by atoms with Gasteiger partial charge in [-0.3, -0.25) is 9.47 Å². The second kappa shape index (κ2) is 13.0. The molecule has 12 heteroatoms. The fraction of sp³-hybridized carbons (Fsp3) is 0.471. The largest absolute Gasteiger partial charge is 0.382 e. The first kappa shape index (κ1) is 31.9. The number of urea groups is 1. The van der Waals surface area contributed by atoms with Crippen LogP contribution < -0.4 is 16.4 Å². The third-order valence-corrected chi connectivity index (χ3v) is 8.42. The number of fused-ring (bicyclic) bond motifs is 2. The third-order valence-electron chi connectivity index (χ3n) is 8.42. The van der Waals surface area contributed by atoms with Crippen LogP contribution in [-0.2, 0) is 26.2 Å². The molecular weight excluding hydrogens is 584 g/mol. The molecule has 2 amide bonds. The Morgan fingerprint density at radius 2 is 1.76 bits per heavy atom.